The highest BCUT2D eigenvalue weighted by Crippen LogP contribution is 2.30. The van der Waals surface area contributed by atoms with Crippen LogP contribution < -0.4 is 10.1 Å². The highest BCUT2D eigenvalue weighted by atomic mass is 32.2. The second-order valence-corrected chi connectivity index (χ2v) is 7.21. The van der Waals surface area contributed by atoms with E-state index in [1.54, 1.807) is 0 Å². The average molecular weight is 436 g/mol. The highest BCUT2D eigenvalue weighted by molar-refractivity contribution is 7.99. The molecule has 0 aliphatic heterocycles. The maximum Gasteiger partial charge on any atom is 0.416 e. The molecule has 0 bridgehead atoms. The number of hydrogen-bond donors (Lipinski definition) is 2. The molecule has 0 aliphatic carbocycles. The van der Waals surface area contributed by atoms with Crippen molar-refractivity contribution >= 4 is 23.4 Å². The number of hydrogen-bond acceptors (Lipinski definition) is 5. The Labute approximate surface area is 175 Å². The van der Waals surface area contributed by atoms with E-state index >= 15 is 0 Å². The minimum atomic E-state index is -4.47. The van der Waals surface area contributed by atoms with Crippen molar-refractivity contribution in [2.45, 2.75) is 31.3 Å². The monoisotopic (exact) mass is 436 g/mol. The number of carbonyl (C=O) groups excluding carboxylic acids is 1. The molecule has 0 spiro atoms. The standard InChI is InChI=1S/C20H19F3N4O2S/c1-2-13-6-8-16(9-7-13)29-11-17-25-19(27-26-17)30-12-18(28)24-15-5-3-4-14(10-15)20(21,22)23/h3-10H,2,11-12H2,1H3,(H,24,28)(H,25,26,27). The van der Waals surface area contributed by atoms with Gasteiger partial charge in [-0.05, 0) is 42.3 Å². The number of carbonyl (C=O) groups is 1. The van der Waals surface area contributed by atoms with Gasteiger partial charge in [-0.25, -0.2) is 4.98 Å². The number of nitrogens with zero attached hydrogens (tertiary/aromatic N) is 2. The number of amides is 1. The fourth-order valence-electron chi connectivity index (χ4n) is 2.48. The van der Waals surface area contributed by atoms with Crippen LogP contribution >= 0.6 is 11.8 Å². The van der Waals surface area contributed by atoms with Gasteiger partial charge in [0, 0.05) is 5.69 Å². The van der Waals surface area contributed by atoms with Crippen LogP contribution in [-0.2, 0) is 24.0 Å². The van der Waals surface area contributed by atoms with Crippen molar-refractivity contribution in [3.63, 3.8) is 0 Å². The first-order valence-electron chi connectivity index (χ1n) is 9.06. The van der Waals surface area contributed by atoms with Crippen LogP contribution in [0.3, 0.4) is 0 Å². The molecule has 0 radical (unpaired) electrons. The Bertz CT molecular complexity index is 990. The normalized spacial score (nSPS) is 11.3. The van der Waals surface area contributed by atoms with Gasteiger partial charge < -0.3 is 10.1 Å². The lowest BCUT2D eigenvalue weighted by atomic mass is 10.2. The van der Waals surface area contributed by atoms with Crippen molar-refractivity contribution in [2.24, 2.45) is 0 Å². The summed E-state index contributed by atoms with van der Waals surface area (Å²) < 4.78 is 43.8. The summed E-state index contributed by atoms with van der Waals surface area (Å²) in [6.07, 6.45) is -3.52. The smallest absolute Gasteiger partial charge is 0.416 e. The van der Waals surface area contributed by atoms with E-state index in [9.17, 15) is 18.0 Å². The number of alkyl halides is 3. The van der Waals surface area contributed by atoms with Crippen LogP contribution in [-0.4, -0.2) is 26.8 Å². The SMILES string of the molecule is CCc1ccc(OCc2nc(SCC(=O)Nc3cccc(C(F)(F)F)c3)n[nH]2)cc1. The van der Waals surface area contributed by atoms with Crippen molar-refractivity contribution in [3.05, 3.63) is 65.5 Å². The third-order valence-electron chi connectivity index (χ3n) is 4.02. The number of aryl methyl sites for hydroxylation is 1. The number of anilines is 1. The second kappa shape index (κ2) is 9.66. The lowest BCUT2D eigenvalue weighted by molar-refractivity contribution is -0.137. The van der Waals surface area contributed by atoms with Crippen LogP contribution in [0.2, 0.25) is 0 Å². The molecule has 0 aliphatic rings. The van der Waals surface area contributed by atoms with Gasteiger partial charge in [-0.15, -0.1) is 5.10 Å². The number of aromatic nitrogens is 3. The van der Waals surface area contributed by atoms with Crippen LogP contribution in [0.25, 0.3) is 0 Å². The average Bonchev–Trinajstić information content (AvgIpc) is 3.19. The number of ether oxygens (including phenoxy) is 1. The van der Waals surface area contributed by atoms with Crippen LogP contribution in [0.5, 0.6) is 5.75 Å². The van der Waals surface area contributed by atoms with Crippen molar-refractivity contribution in [1.29, 1.82) is 0 Å². The number of H-pyrrole nitrogens is 1. The van der Waals surface area contributed by atoms with Gasteiger partial charge in [0.25, 0.3) is 0 Å². The van der Waals surface area contributed by atoms with E-state index in [1.807, 2.05) is 24.3 Å². The van der Waals surface area contributed by atoms with Crippen molar-refractivity contribution in [1.82, 2.24) is 15.2 Å². The molecule has 3 rings (SSSR count). The molecule has 30 heavy (non-hydrogen) atoms. The number of halogens is 3. The van der Waals surface area contributed by atoms with Gasteiger partial charge in [0.1, 0.15) is 12.4 Å². The lowest BCUT2D eigenvalue weighted by Gasteiger charge is -2.09. The van der Waals surface area contributed by atoms with Crippen molar-refractivity contribution < 1.29 is 22.7 Å². The lowest BCUT2D eigenvalue weighted by Crippen LogP contribution is -2.15. The summed E-state index contributed by atoms with van der Waals surface area (Å²) >= 11 is 1.06. The number of aromatic amines is 1. The molecule has 1 aromatic heterocycles. The van der Waals surface area contributed by atoms with E-state index < -0.39 is 17.6 Å². The fourth-order valence-corrected chi connectivity index (χ4v) is 3.10. The first-order valence-corrected chi connectivity index (χ1v) is 10.0. The van der Waals surface area contributed by atoms with E-state index in [1.165, 1.54) is 17.7 Å². The first kappa shape index (κ1) is 21.7. The molecule has 2 N–H and O–H groups in total. The summed E-state index contributed by atoms with van der Waals surface area (Å²) in [6.45, 7) is 2.26. The Kier molecular flexibility index (Phi) is 6.99. The van der Waals surface area contributed by atoms with Gasteiger partial charge in [0.15, 0.2) is 5.82 Å². The quantitative estimate of drug-likeness (QED) is 0.501. The molecule has 0 fully saturated rings. The van der Waals surface area contributed by atoms with E-state index in [4.69, 9.17) is 4.74 Å². The molecule has 6 nitrogen and oxygen atoms in total. The van der Waals surface area contributed by atoms with Gasteiger partial charge in [-0.2, -0.15) is 13.2 Å². The van der Waals surface area contributed by atoms with E-state index in [0.29, 0.717) is 16.7 Å². The minimum Gasteiger partial charge on any atom is -0.486 e. The highest BCUT2D eigenvalue weighted by Gasteiger charge is 2.30. The van der Waals surface area contributed by atoms with Gasteiger partial charge in [-0.1, -0.05) is 36.9 Å². The first-order chi connectivity index (χ1) is 14.3. The van der Waals surface area contributed by atoms with Crippen molar-refractivity contribution in [2.75, 3.05) is 11.1 Å². The van der Waals surface area contributed by atoms with Gasteiger partial charge in [0.05, 0.1) is 11.3 Å². The molecule has 0 saturated carbocycles. The topological polar surface area (TPSA) is 79.9 Å². The predicted molar refractivity (Wildman–Crippen MR) is 107 cm³/mol. The maximum atomic E-state index is 12.7. The molecule has 1 heterocycles. The van der Waals surface area contributed by atoms with Crippen LogP contribution in [0, 0.1) is 0 Å². The zero-order valence-electron chi connectivity index (χ0n) is 16.0. The molecule has 3 aromatic rings. The van der Waals surface area contributed by atoms with Gasteiger partial charge in [0.2, 0.25) is 11.1 Å². The molecule has 0 unspecified atom stereocenters. The Morgan fingerprint density at radius 1 is 1.20 bits per heavy atom. The zero-order chi connectivity index (χ0) is 21.6. The van der Waals surface area contributed by atoms with Gasteiger partial charge >= 0.3 is 6.18 Å². The summed E-state index contributed by atoms with van der Waals surface area (Å²) in [5.74, 6) is 0.693. The van der Waals surface area contributed by atoms with E-state index in [0.717, 1.165) is 30.3 Å². The Morgan fingerprint density at radius 3 is 2.67 bits per heavy atom. The third kappa shape index (κ3) is 6.24. The number of rotatable bonds is 8. The van der Waals surface area contributed by atoms with E-state index in [-0.39, 0.29) is 18.0 Å². The van der Waals surface area contributed by atoms with Gasteiger partial charge in [-0.3, -0.25) is 9.89 Å². The second-order valence-electron chi connectivity index (χ2n) is 6.27. The van der Waals surface area contributed by atoms with Crippen LogP contribution in [0.4, 0.5) is 18.9 Å². The molecule has 0 saturated heterocycles. The molecule has 1 amide bonds. The number of nitrogens with one attached hydrogen (secondary N) is 2. The van der Waals surface area contributed by atoms with E-state index in [2.05, 4.69) is 27.4 Å². The Hall–Kier alpha value is -3.01. The summed E-state index contributed by atoms with van der Waals surface area (Å²) in [4.78, 5) is 16.2. The summed E-state index contributed by atoms with van der Waals surface area (Å²) in [6, 6.07) is 12.2. The van der Waals surface area contributed by atoms with Crippen molar-refractivity contribution in [3.8, 4) is 5.75 Å². The molecular formula is C20H19F3N4O2S. The molecule has 158 valence electrons. The molecule has 0 atom stereocenters. The summed E-state index contributed by atoms with van der Waals surface area (Å²) in [5.41, 5.74) is 0.466. The third-order valence-corrected chi connectivity index (χ3v) is 4.87. The molecule has 10 heteroatoms. The minimum absolute atomic E-state index is 0.0487. The molecular weight excluding hydrogens is 417 g/mol. The summed E-state index contributed by atoms with van der Waals surface area (Å²) in [5, 5.41) is 9.51. The largest absolute Gasteiger partial charge is 0.486 e. The maximum absolute atomic E-state index is 12.7. The predicted octanol–water partition coefficient (Wildman–Crippen LogP) is 4.70. The van der Waals surface area contributed by atoms with Crippen LogP contribution in [0.1, 0.15) is 23.9 Å². The fraction of sp³-hybridized carbons (Fsp3) is 0.250. The molecule has 2 aromatic carbocycles. The Balaban J connectivity index is 1.47. The number of benzene rings is 2. The zero-order valence-corrected chi connectivity index (χ0v) is 16.8. The summed E-state index contributed by atoms with van der Waals surface area (Å²) in [7, 11) is 0. The number of thioether (sulfide) groups is 1. The van der Waals surface area contributed by atoms with Crippen LogP contribution in [0.15, 0.2) is 53.7 Å². The Morgan fingerprint density at radius 2 is 1.97 bits per heavy atom.